The normalized spacial score (nSPS) is 18.4. The number of methoxy groups -OCH3 is 1. The van der Waals surface area contributed by atoms with Crippen LogP contribution < -0.4 is 5.32 Å². The largest absolute Gasteiger partial charge is 0.468 e. The van der Waals surface area contributed by atoms with Gasteiger partial charge in [0, 0.05) is 6.54 Å². The van der Waals surface area contributed by atoms with Gasteiger partial charge in [-0.25, -0.2) is 4.79 Å². The predicted octanol–water partition coefficient (Wildman–Crippen LogP) is 0.918. The first kappa shape index (κ1) is 10.7. The van der Waals surface area contributed by atoms with Gasteiger partial charge >= 0.3 is 5.97 Å². The van der Waals surface area contributed by atoms with E-state index in [2.05, 4.69) is 11.4 Å². The number of nitrogens with one attached hydrogen (secondary N) is 1. The van der Waals surface area contributed by atoms with Crippen molar-refractivity contribution in [1.29, 1.82) is 5.26 Å². The quantitative estimate of drug-likeness (QED) is 0.709. The fourth-order valence-electron chi connectivity index (χ4n) is 1.96. The summed E-state index contributed by atoms with van der Waals surface area (Å²) in [6, 6.07) is 7.08. The van der Waals surface area contributed by atoms with E-state index in [9.17, 15) is 4.79 Å². The SMILES string of the molecule is COC(=O)C1NCCc2cc(C#N)ccc21. The first-order chi connectivity index (χ1) is 7.76. The number of ether oxygens (including phenoxy) is 1. The van der Waals surface area contributed by atoms with Crippen molar-refractivity contribution >= 4 is 5.97 Å². The molecule has 0 amide bonds. The molecule has 0 saturated carbocycles. The average Bonchev–Trinajstić information content (AvgIpc) is 2.36. The Morgan fingerprint density at radius 2 is 2.44 bits per heavy atom. The van der Waals surface area contributed by atoms with Crippen molar-refractivity contribution in [1.82, 2.24) is 5.32 Å². The van der Waals surface area contributed by atoms with Crippen LogP contribution in [0.5, 0.6) is 0 Å². The summed E-state index contributed by atoms with van der Waals surface area (Å²) in [5, 5.41) is 11.9. The van der Waals surface area contributed by atoms with Crippen LogP contribution in [0.15, 0.2) is 18.2 Å². The van der Waals surface area contributed by atoms with Crippen molar-refractivity contribution in [2.45, 2.75) is 12.5 Å². The number of nitriles is 1. The van der Waals surface area contributed by atoms with Gasteiger partial charge in [0.15, 0.2) is 0 Å². The highest BCUT2D eigenvalue weighted by molar-refractivity contribution is 5.78. The van der Waals surface area contributed by atoms with Crippen molar-refractivity contribution in [3.8, 4) is 6.07 Å². The number of nitrogens with zero attached hydrogens (tertiary/aromatic N) is 1. The third-order valence-corrected chi connectivity index (χ3v) is 2.76. The lowest BCUT2D eigenvalue weighted by Gasteiger charge is -2.24. The average molecular weight is 216 g/mol. The molecule has 0 spiro atoms. The predicted molar refractivity (Wildman–Crippen MR) is 57.6 cm³/mol. The molecule has 4 nitrogen and oxygen atoms in total. The molecule has 1 atom stereocenters. The van der Waals surface area contributed by atoms with Gasteiger partial charge in [-0.05, 0) is 29.7 Å². The van der Waals surface area contributed by atoms with Crippen LogP contribution in [0.4, 0.5) is 0 Å². The molecule has 1 unspecified atom stereocenters. The van der Waals surface area contributed by atoms with Gasteiger partial charge in [0.05, 0.1) is 18.7 Å². The second-order valence-corrected chi connectivity index (χ2v) is 3.69. The Kier molecular flexibility index (Phi) is 2.88. The number of hydrogen-bond acceptors (Lipinski definition) is 4. The van der Waals surface area contributed by atoms with Crippen LogP contribution in [0.2, 0.25) is 0 Å². The van der Waals surface area contributed by atoms with Gasteiger partial charge in [-0.2, -0.15) is 5.26 Å². The summed E-state index contributed by atoms with van der Waals surface area (Å²) in [7, 11) is 1.38. The van der Waals surface area contributed by atoms with E-state index >= 15 is 0 Å². The van der Waals surface area contributed by atoms with Gasteiger partial charge in [0.2, 0.25) is 0 Å². The minimum absolute atomic E-state index is 0.286. The maximum Gasteiger partial charge on any atom is 0.327 e. The van der Waals surface area contributed by atoms with E-state index in [0.29, 0.717) is 5.56 Å². The Hall–Kier alpha value is -1.86. The minimum atomic E-state index is -0.401. The van der Waals surface area contributed by atoms with Crippen LogP contribution in [0, 0.1) is 11.3 Å². The van der Waals surface area contributed by atoms with Crippen LogP contribution in [-0.4, -0.2) is 19.6 Å². The molecule has 0 fully saturated rings. The van der Waals surface area contributed by atoms with E-state index in [-0.39, 0.29) is 5.97 Å². The topological polar surface area (TPSA) is 62.1 Å². The summed E-state index contributed by atoms with van der Waals surface area (Å²) in [4.78, 5) is 11.5. The Bertz CT molecular complexity index is 463. The zero-order valence-corrected chi connectivity index (χ0v) is 8.99. The maximum atomic E-state index is 11.5. The van der Waals surface area contributed by atoms with E-state index < -0.39 is 6.04 Å². The Morgan fingerprint density at radius 1 is 1.62 bits per heavy atom. The number of carbonyl (C=O) groups is 1. The Balaban J connectivity index is 2.40. The third kappa shape index (κ3) is 1.77. The summed E-state index contributed by atoms with van der Waals surface area (Å²) in [6.07, 6.45) is 0.832. The molecule has 1 aromatic rings. The fourth-order valence-corrected chi connectivity index (χ4v) is 1.96. The molecule has 1 N–H and O–H groups in total. The van der Waals surface area contributed by atoms with E-state index in [1.54, 1.807) is 6.07 Å². The van der Waals surface area contributed by atoms with E-state index in [1.807, 2.05) is 12.1 Å². The number of hydrogen-bond donors (Lipinski definition) is 1. The van der Waals surface area contributed by atoms with Crippen molar-refractivity contribution in [3.63, 3.8) is 0 Å². The van der Waals surface area contributed by atoms with Gasteiger partial charge in [0.25, 0.3) is 0 Å². The van der Waals surface area contributed by atoms with Crippen molar-refractivity contribution in [3.05, 3.63) is 34.9 Å². The first-order valence-electron chi connectivity index (χ1n) is 5.10. The zero-order valence-electron chi connectivity index (χ0n) is 8.99. The van der Waals surface area contributed by atoms with Crippen LogP contribution >= 0.6 is 0 Å². The van der Waals surface area contributed by atoms with Crippen molar-refractivity contribution in [2.24, 2.45) is 0 Å². The van der Waals surface area contributed by atoms with E-state index in [1.165, 1.54) is 7.11 Å². The number of fused-ring (bicyclic) bond motifs is 1. The lowest BCUT2D eigenvalue weighted by Crippen LogP contribution is -2.35. The molecule has 2 rings (SSSR count). The van der Waals surface area contributed by atoms with Gasteiger partial charge in [-0.3, -0.25) is 0 Å². The third-order valence-electron chi connectivity index (χ3n) is 2.76. The van der Waals surface area contributed by atoms with Crippen LogP contribution in [0.1, 0.15) is 22.7 Å². The molecular weight excluding hydrogens is 204 g/mol. The first-order valence-corrected chi connectivity index (χ1v) is 5.10. The molecule has 4 heteroatoms. The molecule has 0 bridgehead atoms. The number of carbonyl (C=O) groups excluding carboxylic acids is 1. The van der Waals surface area contributed by atoms with Gasteiger partial charge in [-0.15, -0.1) is 0 Å². The highest BCUT2D eigenvalue weighted by atomic mass is 16.5. The fraction of sp³-hybridized carbons (Fsp3) is 0.333. The molecule has 82 valence electrons. The Labute approximate surface area is 93.8 Å². The van der Waals surface area contributed by atoms with Gasteiger partial charge in [-0.1, -0.05) is 6.07 Å². The Morgan fingerprint density at radius 3 is 3.12 bits per heavy atom. The summed E-state index contributed by atoms with van der Waals surface area (Å²) in [6.45, 7) is 0.724. The second-order valence-electron chi connectivity index (χ2n) is 3.69. The van der Waals surface area contributed by atoms with Crippen LogP contribution in [0.25, 0.3) is 0 Å². The monoisotopic (exact) mass is 216 g/mol. The van der Waals surface area contributed by atoms with E-state index in [0.717, 1.165) is 24.1 Å². The summed E-state index contributed by atoms with van der Waals surface area (Å²) >= 11 is 0. The molecule has 16 heavy (non-hydrogen) atoms. The summed E-state index contributed by atoms with van der Waals surface area (Å²) in [5.74, 6) is -0.286. The van der Waals surface area contributed by atoms with Crippen LogP contribution in [0.3, 0.4) is 0 Å². The number of esters is 1. The van der Waals surface area contributed by atoms with Crippen LogP contribution in [-0.2, 0) is 16.0 Å². The molecule has 1 heterocycles. The lowest BCUT2D eigenvalue weighted by atomic mass is 9.93. The molecule has 1 aromatic carbocycles. The standard InChI is InChI=1S/C12H12N2O2/c1-16-12(15)11-10-3-2-8(7-13)6-9(10)4-5-14-11/h2-3,6,11,14H,4-5H2,1H3. The lowest BCUT2D eigenvalue weighted by molar-refractivity contribution is -0.143. The van der Waals surface area contributed by atoms with Gasteiger partial charge in [0.1, 0.15) is 6.04 Å². The van der Waals surface area contributed by atoms with Crippen molar-refractivity contribution < 1.29 is 9.53 Å². The minimum Gasteiger partial charge on any atom is -0.468 e. The second kappa shape index (κ2) is 4.33. The summed E-state index contributed by atoms with van der Waals surface area (Å²) < 4.78 is 4.74. The zero-order chi connectivity index (χ0) is 11.5. The van der Waals surface area contributed by atoms with Gasteiger partial charge < -0.3 is 10.1 Å². The molecule has 1 aliphatic heterocycles. The molecule has 0 aromatic heterocycles. The van der Waals surface area contributed by atoms with Crippen molar-refractivity contribution in [2.75, 3.05) is 13.7 Å². The molecule has 0 aliphatic carbocycles. The molecule has 0 radical (unpaired) electrons. The molecular formula is C12H12N2O2. The summed E-state index contributed by atoms with van der Waals surface area (Å²) in [5.41, 5.74) is 2.59. The molecule has 0 saturated heterocycles. The highest BCUT2D eigenvalue weighted by Crippen LogP contribution is 2.24. The highest BCUT2D eigenvalue weighted by Gasteiger charge is 2.26. The molecule has 1 aliphatic rings. The number of rotatable bonds is 1. The maximum absolute atomic E-state index is 11.5. The van der Waals surface area contributed by atoms with E-state index in [4.69, 9.17) is 10.00 Å². The smallest absolute Gasteiger partial charge is 0.327 e. The number of benzene rings is 1.